The highest BCUT2D eigenvalue weighted by Gasteiger charge is 2.38. The van der Waals surface area contributed by atoms with Crippen LogP contribution in [0.1, 0.15) is 43.4 Å². The van der Waals surface area contributed by atoms with Crippen LogP contribution >= 0.6 is 11.3 Å². The number of anilines is 1. The molecule has 2 aliphatic carbocycles. The molecule has 2 saturated carbocycles. The van der Waals surface area contributed by atoms with Crippen LogP contribution in [0, 0.1) is 5.92 Å². The first-order valence-electron chi connectivity index (χ1n) is 11.9. The number of piperazine rings is 1. The molecule has 0 radical (unpaired) electrons. The van der Waals surface area contributed by atoms with Crippen LogP contribution in [0.25, 0.3) is 10.2 Å². The van der Waals surface area contributed by atoms with E-state index in [1.807, 2.05) is 0 Å². The molecular weight excluding hydrogens is 487 g/mol. The van der Waals surface area contributed by atoms with E-state index in [0.717, 1.165) is 88.4 Å². The van der Waals surface area contributed by atoms with Crippen LogP contribution in [0.5, 0.6) is 0 Å². The zero-order chi connectivity index (χ0) is 23.9. The molecule has 34 heavy (non-hydrogen) atoms. The number of nitrogens with zero attached hydrogens (tertiary/aromatic N) is 4. The minimum absolute atomic E-state index is 0.0757. The third kappa shape index (κ3) is 5.83. The summed E-state index contributed by atoms with van der Waals surface area (Å²) in [5, 5.41) is 0.537. The lowest BCUT2D eigenvalue weighted by Crippen LogP contribution is -2.49. The Kier molecular flexibility index (Phi) is 6.77. The van der Waals surface area contributed by atoms with E-state index in [-0.39, 0.29) is 16.2 Å². The van der Waals surface area contributed by atoms with Gasteiger partial charge in [0, 0.05) is 43.6 Å². The molecule has 1 aliphatic heterocycles. The molecule has 1 saturated heterocycles. The summed E-state index contributed by atoms with van der Waals surface area (Å²) in [5.74, 6) is 1.29. The highest BCUT2D eigenvalue weighted by molar-refractivity contribution is 7.90. The van der Waals surface area contributed by atoms with Crippen molar-refractivity contribution in [2.24, 2.45) is 5.92 Å². The lowest BCUT2D eigenvalue weighted by atomic mass is 9.86. The normalized spacial score (nSPS) is 25.2. The van der Waals surface area contributed by atoms with Crippen molar-refractivity contribution in [2.45, 2.75) is 62.4 Å². The van der Waals surface area contributed by atoms with Crippen molar-refractivity contribution in [3.05, 3.63) is 17.3 Å². The summed E-state index contributed by atoms with van der Waals surface area (Å²) < 4.78 is 65.7. The molecule has 0 aromatic carbocycles. The number of thiophene rings is 1. The maximum Gasteiger partial charge on any atom is 0.393 e. The summed E-state index contributed by atoms with van der Waals surface area (Å²) in [7, 11) is -3.12. The number of aromatic nitrogens is 2. The summed E-state index contributed by atoms with van der Waals surface area (Å²) in [4.78, 5) is 14.0. The van der Waals surface area contributed by atoms with E-state index in [4.69, 9.17) is 0 Å². The molecule has 0 spiro atoms. The zero-order valence-corrected chi connectivity index (χ0v) is 20.6. The Hall–Kier alpha value is -1.50. The fourth-order valence-corrected chi connectivity index (χ4v) is 7.78. The molecule has 3 heterocycles. The largest absolute Gasteiger partial charge is 0.393 e. The number of hydrogen-bond acceptors (Lipinski definition) is 7. The summed E-state index contributed by atoms with van der Waals surface area (Å²) >= 11 is 1.08. The maximum absolute atomic E-state index is 12.8. The standard InChI is InChI=1S/C22H30F3N5O2S2/c23-22(24,25)12-17-11-19-20(26-14-27-21(19)33-17)30-9-7-29(8-10-30)13-15-1-3-16(4-2-15)28-34(31,32)18-5-6-18/h11,14-16,18,28H,1-10,12-13H2/t15-,16-. The van der Waals surface area contributed by atoms with E-state index >= 15 is 0 Å². The van der Waals surface area contributed by atoms with Crippen LogP contribution in [0.15, 0.2) is 12.4 Å². The Morgan fingerprint density at radius 1 is 1.03 bits per heavy atom. The van der Waals surface area contributed by atoms with Gasteiger partial charge in [0.05, 0.1) is 17.1 Å². The SMILES string of the molecule is O=S(=O)(N[C@H]1CC[C@H](CN2CCN(c3ncnc4sc(CC(F)(F)F)cc34)CC2)CC1)C1CC1. The molecule has 3 aliphatic rings. The molecule has 0 unspecified atom stereocenters. The van der Waals surface area contributed by atoms with E-state index < -0.39 is 22.6 Å². The molecule has 0 amide bonds. The molecule has 2 aromatic heterocycles. The van der Waals surface area contributed by atoms with E-state index in [0.29, 0.717) is 16.1 Å². The fraction of sp³-hybridized carbons (Fsp3) is 0.727. The van der Waals surface area contributed by atoms with Crippen molar-refractivity contribution in [1.29, 1.82) is 0 Å². The zero-order valence-electron chi connectivity index (χ0n) is 18.9. The molecule has 3 fully saturated rings. The third-order valence-corrected chi connectivity index (χ3v) is 10.1. The molecule has 2 aromatic rings. The minimum Gasteiger partial charge on any atom is -0.353 e. The lowest BCUT2D eigenvalue weighted by Gasteiger charge is -2.38. The van der Waals surface area contributed by atoms with Crippen LogP contribution < -0.4 is 9.62 Å². The predicted octanol–water partition coefficient (Wildman–Crippen LogP) is 3.56. The van der Waals surface area contributed by atoms with Gasteiger partial charge < -0.3 is 4.90 Å². The van der Waals surface area contributed by atoms with Crippen molar-refractivity contribution in [3.8, 4) is 0 Å². The van der Waals surface area contributed by atoms with Gasteiger partial charge in [0.1, 0.15) is 17.0 Å². The second-order valence-electron chi connectivity index (χ2n) is 9.79. The number of sulfonamides is 1. The van der Waals surface area contributed by atoms with E-state index in [1.54, 1.807) is 6.07 Å². The molecule has 0 bridgehead atoms. The highest BCUT2D eigenvalue weighted by Crippen LogP contribution is 2.34. The topological polar surface area (TPSA) is 78.4 Å². The van der Waals surface area contributed by atoms with Gasteiger partial charge in [-0.25, -0.2) is 23.1 Å². The van der Waals surface area contributed by atoms with Crippen LogP contribution in [0.4, 0.5) is 19.0 Å². The van der Waals surface area contributed by atoms with E-state index in [9.17, 15) is 21.6 Å². The molecule has 12 heteroatoms. The molecule has 0 atom stereocenters. The number of alkyl halides is 3. The average Bonchev–Trinajstić information content (AvgIpc) is 3.56. The number of hydrogen-bond donors (Lipinski definition) is 1. The summed E-state index contributed by atoms with van der Waals surface area (Å²) in [6, 6.07) is 1.66. The molecule has 5 rings (SSSR count). The lowest BCUT2D eigenvalue weighted by molar-refractivity contribution is -0.126. The van der Waals surface area contributed by atoms with Crippen LogP contribution in [-0.2, 0) is 16.4 Å². The molecule has 188 valence electrons. The smallest absolute Gasteiger partial charge is 0.353 e. The van der Waals surface area contributed by atoms with Gasteiger partial charge in [0.25, 0.3) is 0 Å². The van der Waals surface area contributed by atoms with E-state index in [2.05, 4.69) is 24.5 Å². The van der Waals surface area contributed by atoms with Gasteiger partial charge in [0.2, 0.25) is 10.0 Å². The Morgan fingerprint density at radius 2 is 1.74 bits per heavy atom. The Bertz CT molecular complexity index is 1100. The van der Waals surface area contributed by atoms with Crippen molar-refractivity contribution in [1.82, 2.24) is 19.6 Å². The first-order valence-corrected chi connectivity index (χ1v) is 14.3. The van der Waals surface area contributed by atoms with Gasteiger partial charge in [-0.2, -0.15) is 13.2 Å². The van der Waals surface area contributed by atoms with Crippen LogP contribution in [0.3, 0.4) is 0 Å². The van der Waals surface area contributed by atoms with Gasteiger partial charge in [-0.1, -0.05) is 0 Å². The Balaban J connectivity index is 1.12. The van der Waals surface area contributed by atoms with Gasteiger partial charge in [0.15, 0.2) is 0 Å². The van der Waals surface area contributed by atoms with Crippen molar-refractivity contribution < 1.29 is 21.6 Å². The first kappa shape index (κ1) is 24.2. The van der Waals surface area contributed by atoms with Crippen LogP contribution in [-0.4, -0.2) is 73.5 Å². The second-order valence-corrected chi connectivity index (χ2v) is 12.9. The fourth-order valence-electron chi connectivity index (χ4n) is 5.11. The predicted molar refractivity (Wildman–Crippen MR) is 127 cm³/mol. The van der Waals surface area contributed by atoms with Crippen molar-refractivity contribution >= 4 is 37.4 Å². The van der Waals surface area contributed by atoms with Gasteiger partial charge in [-0.05, 0) is 50.5 Å². The first-order chi connectivity index (χ1) is 16.2. The molecular formula is C22H30F3N5O2S2. The van der Waals surface area contributed by atoms with Crippen LogP contribution in [0.2, 0.25) is 0 Å². The minimum atomic E-state index is -4.24. The van der Waals surface area contributed by atoms with Crippen molar-refractivity contribution in [3.63, 3.8) is 0 Å². The third-order valence-electron chi connectivity index (χ3n) is 7.06. The second kappa shape index (κ2) is 9.51. The summed E-state index contributed by atoms with van der Waals surface area (Å²) in [6.07, 6.45) is 1.70. The summed E-state index contributed by atoms with van der Waals surface area (Å²) in [6.45, 7) is 4.29. The Morgan fingerprint density at radius 3 is 2.38 bits per heavy atom. The molecule has 7 nitrogen and oxygen atoms in total. The molecule has 1 N–H and O–H groups in total. The quantitative estimate of drug-likeness (QED) is 0.605. The van der Waals surface area contributed by atoms with E-state index in [1.165, 1.54) is 6.33 Å². The number of halogens is 3. The maximum atomic E-state index is 12.8. The number of nitrogens with one attached hydrogen (secondary N) is 1. The van der Waals surface area contributed by atoms with Gasteiger partial charge in [-0.3, -0.25) is 4.90 Å². The monoisotopic (exact) mass is 517 g/mol. The van der Waals surface area contributed by atoms with Crippen molar-refractivity contribution in [2.75, 3.05) is 37.6 Å². The number of fused-ring (bicyclic) bond motifs is 1. The average molecular weight is 518 g/mol. The summed E-state index contributed by atoms with van der Waals surface area (Å²) in [5.41, 5.74) is 0. The van der Waals surface area contributed by atoms with Gasteiger partial charge in [-0.15, -0.1) is 11.3 Å². The van der Waals surface area contributed by atoms with Gasteiger partial charge >= 0.3 is 6.18 Å². The number of rotatable bonds is 7. The Labute approximate surface area is 201 Å². The highest BCUT2D eigenvalue weighted by atomic mass is 32.2.